The number of aromatic nitrogens is 3. The van der Waals surface area contributed by atoms with E-state index < -0.39 is 0 Å². The third-order valence-corrected chi connectivity index (χ3v) is 3.75. The number of aromatic amines is 1. The van der Waals surface area contributed by atoms with Gasteiger partial charge in [0.05, 0.1) is 17.9 Å². The second kappa shape index (κ2) is 5.32. The molecule has 6 heteroatoms. The number of nitrogens with zero attached hydrogens (tertiary/aromatic N) is 2. The first-order valence-electron chi connectivity index (χ1n) is 6.71. The summed E-state index contributed by atoms with van der Waals surface area (Å²) in [5.74, 6) is -0.154. The number of amides is 1. The number of carbonyl (C=O) groups is 1. The quantitative estimate of drug-likeness (QED) is 0.878. The van der Waals surface area contributed by atoms with Crippen LogP contribution in [0.1, 0.15) is 35.7 Å². The van der Waals surface area contributed by atoms with Crippen molar-refractivity contribution in [3.05, 3.63) is 53.0 Å². The van der Waals surface area contributed by atoms with Crippen LogP contribution >= 0.6 is 0 Å². The molecular formula is C14H16N4O2. The monoisotopic (exact) mass is 272 g/mol. The summed E-state index contributed by atoms with van der Waals surface area (Å²) in [6.45, 7) is 0. The van der Waals surface area contributed by atoms with E-state index in [-0.39, 0.29) is 23.6 Å². The lowest BCUT2D eigenvalue weighted by atomic mass is 10.1. The van der Waals surface area contributed by atoms with Crippen LogP contribution in [0.15, 0.2) is 41.8 Å². The number of carbonyl (C=O) groups excluding carboxylic acids is 1. The number of hydrogen-bond acceptors (Lipinski definition) is 3. The fraction of sp³-hybridized carbons (Fsp3) is 0.357. The highest BCUT2D eigenvalue weighted by Gasteiger charge is 2.29. The normalized spacial score (nSPS) is 21.8. The maximum atomic E-state index is 12.2. The van der Waals surface area contributed by atoms with E-state index in [2.05, 4.69) is 15.3 Å². The van der Waals surface area contributed by atoms with Gasteiger partial charge < -0.3 is 14.9 Å². The van der Waals surface area contributed by atoms with Crippen molar-refractivity contribution in [1.82, 2.24) is 19.9 Å². The molecule has 6 nitrogen and oxygen atoms in total. The summed E-state index contributed by atoms with van der Waals surface area (Å²) in [5, 5.41) is 3.04. The average molecular weight is 272 g/mol. The van der Waals surface area contributed by atoms with Gasteiger partial charge in [0.25, 0.3) is 5.91 Å². The smallest absolute Gasteiger partial charge is 0.253 e. The van der Waals surface area contributed by atoms with Gasteiger partial charge in [-0.05, 0) is 25.3 Å². The van der Waals surface area contributed by atoms with Crippen LogP contribution in [0.5, 0.6) is 0 Å². The fourth-order valence-electron chi connectivity index (χ4n) is 2.73. The summed E-state index contributed by atoms with van der Waals surface area (Å²) in [4.78, 5) is 29.7. The summed E-state index contributed by atoms with van der Waals surface area (Å²) >= 11 is 0. The summed E-state index contributed by atoms with van der Waals surface area (Å²) in [5.41, 5.74) is 0.264. The van der Waals surface area contributed by atoms with E-state index >= 15 is 0 Å². The molecule has 20 heavy (non-hydrogen) atoms. The van der Waals surface area contributed by atoms with Crippen LogP contribution in [-0.4, -0.2) is 26.5 Å². The molecule has 1 aliphatic carbocycles. The third-order valence-electron chi connectivity index (χ3n) is 3.75. The lowest BCUT2D eigenvalue weighted by Crippen LogP contribution is -2.38. The Balaban J connectivity index is 1.72. The highest BCUT2D eigenvalue weighted by Crippen LogP contribution is 2.30. The van der Waals surface area contributed by atoms with Crippen LogP contribution in [0.4, 0.5) is 0 Å². The van der Waals surface area contributed by atoms with Crippen molar-refractivity contribution in [3.8, 4) is 0 Å². The van der Waals surface area contributed by atoms with Gasteiger partial charge in [-0.15, -0.1) is 0 Å². The molecule has 2 aromatic rings. The van der Waals surface area contributed by atoms with E-state index in [1.54, 1.807) is 12.5 Å². The number of H-pyrrole nitrogens is 1. The minimum absolute atomic E-state index is 0.101. The molecule has 0 radical (unpaired) electrons. The van der Waals surface area contributed by atoms with E-state index in [1.165, 1.54) is 18.3 Å². The molecule has 2 unspecified atom stereocenters. The highest BCUT2D eigenvalue weighted by atomic mass is 16.2. The maximum absolute atomic E-state index is 12.2. The van der Waals surface area contributed by atoms with Crippen LogP contribution in [0, 0.1) is 0 Å². The van der Waals surface area contributed by atoms with Crippen LogP contribution in [0.2, 0.25) is 0 Å². The van der Waals surface area contributed by atoms with Crippen molar-refractivity contribution in [2.24, 2.45) is 0 Å². The summed E-state index contributed by atoms with van der Waals surface area (Å²) < 4.78 is 2.05. The van der Waals surface area contributed by atoms with Gasteiger partial charge in [0.2, 0.25) is 5.56 Å². The molecule has 0 aliphatic heterocycles. The number of nitrogens with one attached hydrogen (secondary N) is 2. The van der Waals surface area contributed by atoms with Crippen molar-refractivity contribution in [2.45, 2.75) is 31.3 Å². The van der Waals surface area contributed by atoms with E-state index in [1.807, 2.05) is 10.8 Å². The molecule has 2 atom stereocenters. The Morgan fingerprint density at radius 1 is 1.40 bits per heavy atom. The van der Waals surface area contributed by atoms with E-state index in [0.29, 0.717) is 5.56 Å². The van der Waals surface area contributed by atoms with Crippen molar-refractivity contribution >= 4 is 5.91 Å². The average Bonchev–Trinajstić information content (AvgIpc) is 3.09. The molecule has 1 saturated carbocycles. The first kappa shape index (κ1) is 12.7. The first-order chi connectivity index (χ1) is 9.74. The Morgan fingerprint density at radius 3 is 3.00 bits per heavy atom. The van der Waals surface area contributed by atoms with Gasteiger partial charge in [-0.2, -0.15) is 0 Å². The number of pyridine rings is 1. The van der Waals surface area contributed by atoms with E-state index in [4.69, 9.17) is 0 Å². The first-order valence-corrected chi connectivity index (χ1v) is 6.71. The standard InChI is InChI=1S/C14H16N4O2/c19-13-5-4-10(8-16-13)14(20)17-11-2-1-3-12(11)18-7-6-15-9-18/h4-9,11-12H,1-3H2,(H,16,19)(H,17,20). The molecule has 1 aliphatic rings. The molecule has 0 saturated heterocycles. The molecule has 1 amide bonds. The van der Waals surface area contributed by atoms with Gasteiger partial charge in [0.1, 0.15) is 0 Å². The zero-order chi connectivity index (χ0) is 13.9. The van der Waals surface area contributed by atoms with Gasteiger partial charge in [-0.3, -0.25) is 9.59 Å². The maximum Gasteiger partial charge on any atom is 0.253 e. The lowest BCUT2D eigenvalue weighted by Gasteiger charge is -2.22. The number of hydrogen-bond donors (Lipinski definition) is 2. The SMILES string of the molecule is O=C(NC1CCCC1n1ccnc1)c1ccc(=O)[nH]c1. The molecule has 2 aromatic heterocycles. The molecule has 3 rings (SSSR count). The van der Waals surface area contributed by atoms with Crippen LogP contribution in [0.3, 0.4) is 0 Å². The Bertz CT molecular complexity index is 627. The van der Waals surface area contributed by atoms with Gasteiger partial charge in [-0.25, -0.2) is 4.98 Å². The van der Waals surface area contributed by atoms with Crippen molar-refractivity contribution < 1.29 is 4.79 Å². The predicted octanol–water partition coefficient (Wildman–Crippen LogP) is 1.09. The molecule has 2 heterocycles. The van der Waals surface area contributed by atoms with Gasteiger partial charge in [0.15, 0.2) is 0 Å². The van der Waals surface area contributed by atoms with Crippen molar-refractivity contribution in [3.63, 3.8) is 0 Å². The van der Waals surface area contributed by atoms with Crippen molar-refractivity contribution in [1.29, 1.82) is 0 Å². The zero-order valence-electron chi connectivity index (χ0n) is 11.0. The number of rotatable bonds is 3. The van der Waals surface area contributed by atoms with Gasteiger partial charge in [-0.1, -0.05) is 0 Å². The van der Waals surface area contributed by atoms with Crippen LogP contribution < -0.4 is 10.9 Å². The van der Waals surface area contributed by atoms with E-state index in [0.717, 1.165) is 19.3 Å². The second-order valence-electron chi connectivity index (χ2n) is 5.03. The molecular weight excluding hydrogens is 256 g/mol. The minimum atomic E-state index is -0.210. The minimum Gasteiger partial charge on any atom is -0.347 e. The zero-order valence-corrected chi connectivity index (χ0v) is 11.0. The van der Waals surface area contributed by atoms with Crippen LogP contribution in [0.25, 0.3) is 0 Å². The summed E-state index contributed by atoms with van der Waals surface area (Å²) in [7, 11) is 0. The molecule has 2 N–H and O–H groups in total. The Labute approximate surface area is 115 Å². The molecule has 0 aromatic carbocycles. The summed E-state index contributed by atoms with van der Waals surface area (Å²) in [6, 6.07) is 3.25. The second-order valence-corrected chi connectivity index (χ2v) is 5.03. The Hall–Kier alpha value is -2.37. The fourth-order valence-corrected chi connectivity index (χ4v) is 2.73. The molecule has 0 bridgehead atoms. The third kappa shape index (κ3) is 2.49. The lowest BCUT2D eigenvalue weighted by molar-refractivity contribution is 0.0928. The van der Waals surface area contributed by atoms with Crippen molar-refractivity contribution in [2.75, 3.05) is 0 Å². The summed E-state index contributed by atoms with van der Waals surface area (Å²) in [6.07, 6.45) is 9.98. The topological polar surface area (TPSA) is 79.8 Å². The molecule has 1 fully saturated rings. The Morgan fingerprint density at radius 2 is 2.30 bits per heavy atom. The molecule has 104 valence electrons. The van der Waals surface area contributed by atoms with E-state index in [9.17, 15) is 9.59 Å². The highest BCUT2D eigenvalue weighted by molar-refractivity contribution is 5.94. The Kier molecular flexibility index (Phi) is 3.37. The number of imidazole rings is 1. The largest absolute Gasteiger partial charge is 0.347 e. The van der Waals surface area contributed by atoms with Gasteiger partial charge >= 0.3 is 0 Å². The van der Waals surface area contributed by atoms with Crippen LogP contribution in [-0.2, 0) is 0 Å². The predicted molar refractivity (Wildman–Crippen MR) is 73.4 cm³/mol. The molecule has 0 spiro atoms. The van der Waals surface area contributed by atoms with Gasteiger partial charge in [0, 0.05) is 30.7 Å².